The molecule has 1 aromatic heterocycles. The smallest absolute Gasteiger partial charge is 0.128 e. The first-order valence-electron chi connectivity index (χ1n) is 6.86. The maximum Gasteiger partial charge on any atom is 0.128 e. The first-order valence-corrected chi connectivity index (χ1v) is 7.77. The molecule has 0 aliphatic carbocycles. The maximum absolute atomic E-state index is 6.08. The zero-order valence-corrected chi connectivity index (χ0v) is 12.7. The van der Waals surface area contributed by atoms with Gasteiger partial charge in [0.25, 0.3) is 0 Å². The van der Waals surface area contributed by atoms with E-state index in [9.17, 15) is 0 Å². The molecule has 0 aromatic carbocycles. The number of nitrogens with zero attached hydrogens (tertiary/aromatic N) is 3. The maximum atomic E-state index is 6.08. The number of halogens is 2. The normalized spacial score (nSPS) is 27.6. The van der Waals surface area contributed by atoms with Gasteiger partial charge in [-0.05, 0) is 37.9 Å². The van der Waals surface area contributed by atoms with E-state index < -0.39 is 0 Å². The summed E-state index contributed by atoms with van der Waals surface area (Å²) in [5.74, 6) is 1.45. The molecule has 3 nitrogen and oxygen atoms in total. The number of pyridine rings is 1. The lowest BCUT2D eigenvalue weighted by Gasteiger charge is -2.27. The minimum Gasteiger partial charge on any atom is -0.355 e. The number of hydrogen-bond acceptors (Lipinski definition) is 3. The van der Waals surface area contributed by atoms with Crippen LogP contribution in [0.5, 0.6) is 0 Å². The first kappa shape index (κ1) is 13.5. The average molecular weight is 300 g/mol. The van der Waals surface area contributed by atoms with Gasteiger partial charge in [0, 0.05) is 37.3 Å². The van der Waals surface area contributed by atoms with E-state index in [2.05, 4.69) is 21.8 Å². The molecule has 3 heterocycles. The highest BCUT2D eigenvalue weighted by Crippen LogP contribution is 2.31. The molecule has 2 bridgehead atoms. The van der Waals surface area contributed by atoms with Crippen LogP contribution in [0.3, 0.4) is 0 Å². The van der Waals surface area contributed by atoms with Crippen molar-refractivity contribution in [1.82, 2.24) is 9.88 Å². The molecule has 2 atom stereocenters. The second kappa shape index (κ2) is 5.47. The molecule has 0 saturated carbocycles. The second-order valence-electron chi connectivity index (χ2n) is 5.55. The SMILES string of the molecule is CN1C2CCC1CN(c1cc(CCl)c(Cl)cn1)CC2. The molecule has 19 heavy (non-hydrogen) atoms. The van der Waals surface area contributed by atoms with Gasteiger partial charge in [-0.15, -0.1) is 11.6 Å². The van der Waals surface area contributed by atoms with Gasteiger partial charge in [-0.1, -0.05) is 11.6 Å². The summed E-state index contributed by atoms with van der Waals surface area (Å²) in [5, 5.41) is 0.659. The van der Waals surface area contributed by atoms with Crippen molar-refractivity contribution in [2.75, 3.05) is 25.0 Å². The van der Waals surface area contributed by atoms with Crippen LogP contribution in [0.15, 0.2) is 12.3 Å². The summed E-state index contributed by atoms with van der Waals surface area (Å²) in [6, 6.07) is 3.44. The van der Waals surface area contributed by atoms with Crippen molar-refractivity contribution in [3.05, 3.63) is 22.8 Å². The zero-order valence-electron chi connectivity index (χ0n) is 11.1. The Morgan fingerprint density at radius 1 is 1.32 bits per heavy atom. The lowest BCUT2D eigenvalue weighted by atomic mass is 10.1. The highest BCUT2D eigenvalue weighted by molar-refractivity contribution is 6.32. The van der Waals surface area contributed by atoms with E-state index in [1.165, 1.54) is 19.3 Å². The number of aromatic nitrogens is 1. The molecule has 2 fully saturated rings. The topological polar surface area (TPSA) is 19.4 Å². The fourth-order valence-corrected chi connectivity index (χ4v) is 3.72. The van der Waals surface area contributed by atoms with Gasteiger partial charge < -0.3 is 4.90 Å². The summed E-state index contributed by atoms with van der Waals surface area (Å²) >= 11 is 12.0. The fourth-order valence-electron chi connectivity index (χ4n) is 3.26. The van der Waals surface area contributed by atoms with Crippen molar-refractivity contribution in [2.24, 2.45) is 0 Å². The molecule has 2 aliphatic heterocycles. The Hall–Kier alpha value is -0.510. The van der Waals surface area contributed by atoms with Crippen LogP contribution in [0.4, 0.5) is 5.82 Å². The third-order valence-electron chi connectivity index (χ3n) is 4.54. The van der Waals surface area contributed by atoms with Crippen LogP contribution in [0.1, 0.15) is 24.8 Å². The number of alkyl halides is 1. The van der Waals surface area contributed by atoms with E-state index in [-0.39, 0.29) is 0 Å². The highest BCUT2D eigenvalue weighted by atomic mass is 35.5. The fraction of sp³-hybridized carbons (Fsp3) is 0.643. The van der Waals surface area contributed by atoms with Gasteiger partial charge in [0.2, 0.25) is 0 Å². The van der Waals surface area contributed by atoms with E-state index in [1.807, 2.05) is 6.07 Å². The summed E-state index contributed by atoms with van der Waals surface area (Å²) in [7, 11) is 2.26. The molecule has 0 N–H and O–H groups in total. The molecule has 0 spiro atoms. The Bertz CT molecular complexity index is 466. The van der Waals surface area contributed by atoms with Gasteiger partial charge >= 0.3 is 0 Å². The van der Waals surface area contributed by atoms with Crippen LogP contribution < -0.4 is 4.90 Å². The van der Waals surface area contributed by atoms with Crippen LogP contribution in [0.25, 0.3) is 0 Å². The standard InChI is InChI=1S/C14H19Cl2N3/c1-18-11-2-3-12(18)9-19(5-4-11)14-6-10(7-15)13(16)8-17-14/h6,8,11-12H,2-5,7,9H2,1H3. The second-order valence-corrected chi connectivity index (χ2v) is 6.23. The quantitative estimate of drug-likeness (QED) is 0.782. The van der Waals surface area contributed by atoms with Crippen LogP contribution in [0.2, 0.25) is 5.02 Å². The number of likely N-dealkylation sites (N-methyl/N-ethyl adjacent to an activating group) is 1. The summed E-state index contributed by atoms with van der Waals surface area (Å²) in [4.78, 5) is 9.40. The van der Waals surface area contributed by atoms with Crippen molar-refractivity contribution in [2.45, 2.75) is 37.2 Å². The minimum absolute atomic E-state index is 0.439. The Morgan fingerprint density at radius 2 is 2.11 bits per heavy atom. The Labute approximate surface area is 124 Å². The first-order chi connectivity index (χ1) is 9.19. The lowest BCUT2D eigenvalue weighted by Crippen LogP contribution is -2.37. The zero-order chi connectivity index (χ0) is 13.4. The summed E-state index contributed by atoms with van der Waals surface area (Å²) < 4.78 is 0. The van der Waals surface area contributed by atoms with E-state index >= 15 is 0 Å². The molecule has 2 saturated heterocycles. The Kier molecular flexibility index (Phi) is 3.88. The third kappa shape index (κ3) is 2.56. The van der Waals surface area contributed by atoms with Crippen LogP contribution in [-0.2, 0) is 5.88 Å². The molecule has 0 radical (unpaired) electrons. The number of rotatable bonds is 2. The molecule has 2 aliphatic rings. The number of anilines is 1. The Morgan fingerprint density at radius 3 is 2.89 bits per heavy atom. The monoisotopic (exact) mass is 299 g/mol. The molecule has 5 heteroatoms. The molecule has 2 unspecified atom stereocenters. The largest absolute Gasteiger partial charge is 0.355 e. The van der Waals surface area contributed by atoms with Crippen LogP contribution in [-0.4, -0.2) is 42.1 Å². The van der Waals surface area contributed by atoms with Gasteiger partial charge in [0.05, 0.1) is 5.02 Å². The molecule has 0 amide bonds. The van der Waals surface area contributed by atoms with Gasteiger partial charge in [-0.2, -0.15) is 0 Å². The van der Waals surface area contributed by atoms with Crippen molar-refractivity contribution in [3.8, 4) is 0 Å². The minimum atomic E-state index is 0.439. The molecule has 1 aromatic rings. The predicted molar refractivity (Wildman–Crippen MR) is 80.2 cm³/mol. The van der Waals surface area contributed by atoms with Gasteiger partial charge in [-0.25, -0.2) is 4.98 Å². The van der Waals surface area contributed by atoms with Gasteiger partial charge in [0.15, 0.2) is 0 Å². The average Bonchev–Trinajstić information content (AvgIpc) is 2.64. The molecule has 104 valence electrons. The summed E-state index contributed by atoms with van der Waals surface area (Å²) in [5.41, 5.74) is 0.969. The number of hydrogen-bond donors (Lipinski definition) is 0. The van der Waals surface area contributed by atoms with E-state index in [0.29, 0.717) is 16.9 Å². The van der Waals surface area contributed by atoms with Crippen molar-refractivity contribution < 1.29 is 0 Å². The van der Waals surface area contributed by atoms with Crippen molar-refractivity contribution in [1.29, 1.82) is 0 Å². The predicted octanol–water partition coefficient (Wildman–Crippen LogP) is 3.15. The van der Waals surface area contributed by atoms with E-state index in [0.717, 1.165) is 30.5 Å². The summed E-state index contributed by atoms with van der Waals surface area (Å²) in [6.07, 6.45) is 5.58. The number of fused-ring (bicyclic) bond motifs is 2. The summed E-state index contributed by atoms with van der Waals surface area (Å²) in [6.45, 7) is 2.13. The van der Waals surface area contributed by atoms with Crippen LogP contribution in [0, 0.1) is 0 Å². The van der Waals surface area contributed by atoms with E-state index in [4.69, 9.17) is 23.2 Å². The molecule has 3 rings (SSSR count). The lowest BCUT2D eigenvalue weighted by molar-refractivity contribution is 0.254. The Balaban J connectivity index is 1.82. The highest BCUT2D eigenvalue weighted by Gasteiger charge is 2.34. The van der Waals surface area contributed by atoms with Crippen molar-refractivity contribution >= 4 is 29.0 Å². The van der Waals surface area contributed by atoms with Gasteiger partial charge in [-0.3, -0.25) is 4.90 Å². The van der Waals surface area contributed by atoms with Crippen molar-refractivity contribution in [3.63, 3.8) is 0 Å². The van der Waals surface area contributed by atoms with Gasteiger partial charge in [0.1, 0.15) is 5.82 Å². The molecular formula is C14H19Cl2N3. The third-order valence-corrected chi connectivity index (χ3v) is 5.16. The molecular weight excluding hydrogens is 281 g/mol. The van der Waals surface area contributed by atoms with Crippen LogP contribution >= 0.6 is 23.2 Å². The van der Waals surface area contributed by atoms with E-state index in [1.54, 1.807) is 6.20 Å².